The Bertz CT molecular complexity index is 1060. The minimum Gasteiger partial charge on any atom is -0.224 e. The molecule has 0 heterocycles. The predicted octanol–water partition coefficient (Wildman–Crippen LogP) is 8.30. The second-order valence-corrected chi connectivity index (χ2v) is 14.9. The Morgan fingerprint density at radius 1 is 0.564 bits per heavy atom. The third kappa shape index (κ3) is 13.5. The topological polar surface area (TPSA) is 80.3 Å². The molecule has 39 heavy (non-hydrogen) atoms. The van der Waals surface area contributed by atoms with Crippen molar-refractivity contribution in [3.8, 4) is 0 Å². The summed E-state index contributed by atoms with van der Waals surface area (Å²) in [5.74, 6) is -0.250. The lowest BCUT2D eigenvalue weighted by molar-refractivity contribution is 0.502. The van der Waals surface area contributed by atoms with E-state index in [0.717, 1.165) is 30.4 Å². The van der Waals surface area contributed by atoms with E-state index in [0.29, 0.717) is 6.42 Å². The second kappa shape index (κ2) is 17.9. The normalized spacial score (nSPS) is 13.0. The molecule has 0 saturated carbocycles. The molecule has 0 fully saturated rings. The molecule has 0 saturated heterocycles. The maximum Gasteiger partial charge on any atom is 0.240 e. The Hall–Kier alpha value is -1.70. The highest BCUT2D eigenvalue weighted by Crippen LogP contribution is 2.19. The van der Waals surface area contributed by atoms with E-state index < -0.39 is 25.9 Å². The summed E-state index contributed by atoms with van der Waals surface area (Å²) < 4.78 is 55.1. The summed E-state index contributed by atoms with van der Waals surface area (Å²) in [4.78, 5) is 0.389. The zero-order valence-electron chi connectivity index (χ0n) is 24.5. The molecule has 0 radical (unpaired) electrons. The highest BCUT2D eigenvalue weighted by molar-refractivity contribution is 7.91. The second-order valence-electron chi connectivity index (χ2n) is 11.1. The van der Waals surface area contributed by atoms with Crippen molar-refractivity contribution in [2.24, 2.45) is 0 Å². The molecule has 0 aromatic heterocycles. The van der Waals surface area contributed by atoms with Crippen molar-refractivity contribution < 1.29 is 16.8 Å². The van der Waals surface area contributed by atoms with Crippen LogP contribution >= 0.6 is 0 Å². The summed E-state index contributed by atoms with van der Waals surface area (Å²) in [7, 11) is -7.46. The molecule has 0 aliphatic rings. The smallest absolute Gasteiger partial charge is 0.224 e. The van der Waals surface area contributed by atoms with Crippen molar-refractivity contribution >= 4 is 19.9 Å². The van der Waals surface area contributed by atoms with Crippen LogP contribution in [0.5, 0.6) is 0 Å². The molecular weight excluding hydrogens is 526 g/mol. The van der Waals surface area contributed by atoms with E-state index in [1.54, 1.807) is 48.5 Å². The summed E-state index contributed by atoms with van der Waals surface area (Å²) in [6, 6.07) is 12.7. The van der Waals surface area contributed by atoms with Gasteiger partial charge >= 0.3 is 0 Å². The molecule has 2 aromatic rings. The van der Waals surface area contributed by atoms with Crippen molar-refractivity contribution in [3.63, 3.8) is 0 Å². The fourth-order valence-corrected chi connectivity index (χ4v) is 7.77. The highest BCUT2D eigenvalue weighted by atomic mass is 32.2. The number of unbranched alkanes of at least 4 members (excludes halogenated alkanes) is 13. The van der Waals surface area contributed by atoms with Gasteiger partial charge in [0, 0.05) is 6.04 Å². The zero-order chi connectivity index (χ0) is 28.6. The number of nitrogens with one attached hydrogen (secondary N) is 1. The Kier molecular flexibility index (Phi) is 15.4. The van der Waals surface area contributed by atoms with Gasteiger partial charge in [0.05, 0.1) is 15.5 Å². The number of sulfone groups is 1. The molecule has 0 bridgehead atoms. The van der Waals surface area contributed by atoms with Crippen molar-refractivity contribution in [1.82, 2.24) is 4.72 Å². The Labute approximate surface area is 239 Å². The van der Waals surface area contributed by atoms with Gasteiger partial charge in [0.2, 0.25) is 10.0 Å². The van der Waals surface area contributed by atoms with Crippen LogP contribution in [0.3, 0.4) is 0 Å². The van der Waals surface area contributed by atoms with Crippen molar-refractivity contribution in [3.05, 3.63) is 59.7 Å². The Morgan fingerprint density at radius 2 is 0.949 bits per heavy atom. The van der Waals surface area contributed by atoms with E-state index in [4.69, 9.17) is 0 Å². The maximum atomic E-state index is 13.1. The minimum absolute atomic E-state index is 0.159. The lowest BCUT2D eigenvalue weighted by Gasteiger charge is -2.19. The first kappa shape index (κ1) is 33.5. The van der Waals surface area contributed by atoms with Crippen LogP contribution in [-0.2, 0) is 19.9 Å². The predicted molar refractivity (Wildman–Crippen MR) is 163 cm³/mol. The van der Waals surface area contributed by atoms with E-state index in [1.165, 1.54) is 70.6 Å². The number of hydrogen-bond donors (Lipinski definition) is 1. The number of sulfonamides is 1. The number of rotatable bonds is 21. The molecule has 1 unspecified atom stereocenters. The lowest BCUT2D eigenvalue weighted by atomic mass is 10.0. The molecule has 2 aromatic carbocycles. The molecule has 0 amide bonds. The van der Waals surface area contributed by atoms with Gasteiger partial charge < -0.3 is 0 Å². The highest BCUT2D eigenvalue weighted by Gasteiger charge is 2.26. The largest absolute Gasteiger partial charge is 0.240 e. The number of hydrogen-bond acceptors (Lipinski definition) is 4. The van der Waals surface area contributed by atoms with Gasteiger partial charge in [-0.1, -0.05) is 132 Å². The standard InChI is InChI=1S/C32H51NO4S2/c1-4-5-6-7-8-9-10-11-12-13-14-15-16-17-18-30(27-38(34,35)31-23-19-28(2)20-24-31)33-39(36,37)32-25-21-29(3)22-26-32/h19-26,30,33H,4-18,27H2,1-3H3. The molecule has 2 rings (SSSR count). The summed E-state index contributed by atoms with van der Waals surface area (Å²) >= 11 is 0. The van der Waals surface area contributed by atoms with Gasteiger partial charge in [-0.15, -0.1) is 0 Å². The molecule has 220 valence electrons. The van der Waals surface area contributed by atoms with E-state index >= 15 is 0 Å². The summed E-state index contributed by atoms with van der Waals surface area (Å²) in [5, 5.41) is 0. The molecule has 1 atom stereocenters. The first-order valence-electron chi connectivity index (χ1n) is 15.0. The van der Waals surface area contributed by atoms with Gasteiger partial charge in [-0.2, -0.15) is 0 Å². The van der Waals surface area contributed by atoms with Crippen molar-refractivity contribution in [1.29, 1.82) is 0 Å². The quantitative estimate of drug-likeness (QED) is 0.151. The van der Waals surface area contributed by atoms with Crippen LogP contribution in [0.15, 0.2) is 58.3 Å². The lowest BCUT2D eigenvalue weighted by Crippen LogP contribution is -2.39. The fourth-order valence-electron chi connectivity index (χ4n) is 4.87. The summed E-state index contributed by atoms with van der Waals surface area (Å²) in [6.45, 7) is 6.06. The third-order valence-electron chi connectivity index (χ3n) is 7.36. The minimum atomic E-state index is -3.82. The average Bonchev–Trinajstić information content (AvgIpc) is 2.89. The number of benzene rings is 2. The van der Waals surface area contributed by atoms with Gasteiger partial charge in [0.25, 0.3) is 0 Å². The Balaban J connectivity index is 1.82. The van der Waals surface area contributed by atoms with Crippen LogP contribution in [0, 0.1) is 13.8 Å². The SMILES string of the molecule is CCCCCCCCCCCCCCCCC(CS(=O)(=O)c1ccc(C)cc1)NS(=O)(=O)c1ccc(C)cc1. The van der Waals surface area contributed by atoms with Gasteiger partial charge in [-0.25, -0.2) is 21.6 Å². The first-order valence-corrected chi connectivity index (χ1v) is 18.2. The van der Waals surface area contributed by atoms with Crippen molar-refractivity contribution in [2.45, 2.75) is 133 Å². The zero-order valence-corrected chi connectivity index (χ0v) is 26.1. The van der Waals surface area contributed by atoms with Crippen LogP contribution in [-0.4, -0.2) is 28.6 Å². The average molecular weight is 578 g/mol. The van der Waals surface area contributed by atoms with Gasteiger partial charge in [0.1, 0.15) is 0 Å². The van der Waals surface area contributed by atoms with Crippen LogP contribution in [0.2, 0.25) is 0 Å². The first-order chi connectivity index (χ1) is 18.6. The molecule has 0 aliphatic heterocycles. The van der Waals surface area contributed by atoms with E-state index in [9.17, 15) is 16.8 Å². The summed E-state index contributed by atoms with van der Waals surface area (Å²) in [5.41, 5.74) is 1.95. The number of aryl methyl sites for hydroxylation is 2. The van der Waals surface area contributed by atoms with Crippen LogP contribution < -0.4 is 4.72 Å². The molecule has 0 spiro atoms. The monoisotopic (exact) mass is 577 g/mol. The molecule has 7 heteroatoms. The van der Waals surface area contributed by atoms with E-state index in [1.807, 2.05) is 13.8 Å². The van der Waals surface area contributed by atoms with Crippen LogP contribution in [0.4, 0.5) is 0 Å². The summed E-state index contributed by atoms with van der Waals surface area (Å²) in [6.07, 6.45) is 17.9. The van der Waals surface area contributed by atoms with Gasteiger partial charge in [-0.05, 0) is 44.5 Å². The third-order valence-corrected chi connectivity index (χ3v) is 10.7. The fraction of sp³-hybridized carbons (Fsp3) is 0.625. The van der Waals surface area contributed by atoms with E-state index in [-0.39, 0.29) is 15.5 Å². The molecule has 5 nitrogen and oxygen atoms in total. The molecule has 1 N–H and O–H groups in total. The maximum absolute atomic E-state index is 13.1. The van der Waals surface area contributed by atoms with Gasteiger partial charge in [0.15, 0.2) is 9.84 Å². The molecular formula is C32H51NO4S2. The van der Waals surface area contributed by atoms with Crippen LogP contribution in [0.1, 0.15) is 114 Å². The Morgan fingerprint density at radius 3 is 1.38 bits per heavy atom. The van der Waals surface area contributed by atoms with E-state index in [2.05, 4.69) is 11.6 Å². The molecule has 0 aliphatic carbocycles. The van der Waals surface area contributed by atoms with Crippen LogP contribution in [0.25, 0.3) is 0 Å². The van der Waals surface area contributed by atoms with Gasteiger partial charge in [-0.3, -0.25) is 0 Å². The van der Waals surface area contributed by atoms with Crippen molar-refractivity contribution in [2.75, 3.05) is 5.75 Å².